The van der Waals surface area contributed by atoms with Gasteiger partial charge in [-0.3, -0.25) is 14.8 Å². The molecule has 3 rings (SSSR count). The third-order valence-corrected chi connectivity index (χ3v) is 6.52. The number of carbonyl (C=O) groups is 1. The Balaban J connectivity index is 1.80. The van der Waals surface area contributed by atoms with Gasteiger partial charge in [0.2, 0.25) is 5.13 Å². The van der Waals surface area contributed by atoms with Crippen LogP contribution in [-0.4, -0.2) is 24.5 Å². The molecule has 0 bridgehead atoms. The molecule has 0 saturated heterocycles. The predicted octanol–water partition coefficient (Wildman–Crippen LogP) is 3.52. The van der Waals surface area contributed by atoms with Crippen LogP contribution in [0, 0.1) is 20.8 Å². The molecule has 7 nitrogen and oxygen atoms in total. The van der Waals surface area contributed by atoms with Gasteiger partial charge < -0.3 is 0 Å². The first-order valence-electron chi connectivity index (χ1n) is 8.07. The number of para-hydroxylation sites is 1. The fourth-order valence-corrected chi connectivity index (χ4v) is 4.61. The molecule has 0 aliphatic carbocycles. The van der Waals surface area contributed by atoms with Crippen molar-refractivity contribution >= 4 is 38.1 Å². The maximum Gasteiger partial charge on any atom is 0.291 e. The van der Waals surface area contributed by atoms with E-state index in [1.54, 1.807) is 12.1 Å². The van der Waals surface area contributed by atoms with Crippen LogP contribution in [0.5, 0.6) is 0 Å². The van der Waals surface area contributed by atoms with Crippen molar-refractivity contribution in [3.63, 3.8) is 0 Å². The summed E-state index contributed by atoms with van der Waals surface area (Å²) < 4.78 is 27.6. The quantitative estimate of drug-likeness (QED) is 0.636. The highest BCUT2D eigenvalue weighted by atomic mass is 32.2. The highest BCUT2D eigenvalue weighted by Gasteiger charge is 2.23. The fraction of sp³-hybridized carbons (Fsp3) is 0.167. The Morgan fingerprint density at radius 2 is 1.56 bits per heavy atom. The van der Waals surface area contributed by atoms with Crippen molar-refractivity contribution in [2.75, 3.05) is 10.0 Å². The molecule has 0 aliphatic rings. The molecular weight excluding hydrogens is 384 g/mol. The minimum atomic E-state index is -3.90. The van der Waals surface area contributed by atoms with Gasteiger partial charge in [0.25, 0.3) is 20.3 Å². The summed E-state index contributed by atoms with van der Waals surface area (Å²) in [6.45, 7) is 5.46. The number of nitrogens with zero attached hydrogens (tertiary/aromatic N) is 2. The molecule has 0 unspecified atom stereocenters. The van der Waals surface area contributed by atoms with Gasteiger partial charge in [0, 0.05) is 5.56 Å². The van der Waals surface area contributed by atoms with E-state index in [9.17, 15) is 13.2 Å². The average molecular weight is 403 g/mol. The molecule has 1 amide bonds. The van der Waals surface area contributed by atoms with Gasteiger partial charge in [-0.15, -0.1) is 10.2 Å². The van der Waals surface area contributed by atoms with E-state index >= 15 is 0 Å². The van der Waals surface area contributed by atoms with Gasteiger partial charge in [-0.25, -0.2) is 0 Å². The van der Waals surface area contributed by atoms with Gasteiger partial charge in [-0.2, -0.15) is 8.42 Å². The molecule has 27 heavy (non-hydrogen) atoms. The second kappa shape index (κ2) is 7.45. The van der Waals surface area contributed by atoms with Crippen LogP contribution in [0.1, 0.15) is 27.0 Å². The molecule has 2 aromatic carbocycles. The van der Waals surface area contributed by atoms with E-state index in [4.69, 9.17) is 0 Å². The maximum atomic E-state index is 12.6. The summed E-state index contributed by atoms with van der Waals surface area (Å²) in [5, 5.41) is 10.2. The number of amides is 1. The minimum absolute atomic E-state index is 0.116. The van der Waals surface area contributed by atoms with Crippen LogP contribution in [0.15, 0.2) is 46.8 Å². The minimum Gasteiger partial charge on any atom is -0.296 e. The van der Waals surface area contributed by atoms with Crippen LogP contribution in [-0.2, 0) is 10.0 Å². The molecule has 0 spiro atoms. The topological polar surface area (TPSA) is 101 Å². The number of carbonyl (C=O) groups excluding carboxylic acids is 1. The average Bonchev–Trinajstić information content (AvgIpc) is 3.08. The molecule has 1 aromatic heterocycles. The number of anilines is 2. The van der Waals surface area contributed by atoms with Crippen molar-refractivity contribution in [1.29, 1.82) is 0 Å². The molecule has 140 valence electrons. The summed E-state index contributed by atoms with van der Waals surface area (Å²) in [4.78, 5) is 12.3. The largest absolute Gasteiger partial charge is 0.296 e. The molecular formula is C18H18N4O3S2. The monoisotopic (exact) mass is 402 g/mol. The van der Waals surface area contributed by atoms with Crippen LogP contribution < -0.4 is 10.0 Å². The fourth-order valence-electron chi connectivity index (χ4n) is 2.51. The van der Waals surface area contributed by atoms with Crippen LogP contribution in [0.4, 0.5) is 10.8 Å². The Bertz CT molecular complexity index is 1090. The lowest BCUT2D eigenvalue weighted by Gasteiger charge is -2.11. The van der Waals surface area contributed by atoms with E-state index in [0.29, 0.717) is 11.3 Å². The molecule has 0 aliphatic heterocycles. The molecule has 2 N–H and O–H groups in total. The SMILES string of the molecule is Cc1ccccc1C(=O)Nc1nnc(S(=O)(=O)Nc2c(C)cccc2C)s1. The number of aromatic nitrogens is 2. The molecule has 3 aromatic rings. The summed E-state index contributed by atoms with van der Waals surface area (Å²) >= 11 is 0.795. The van der Waals surface area contributed by atoms with Crippen molar-refractivity contribution in [3.05, 3.63) is 64.7 Å². The molecule has 0 saturated carbocycles. The first kappa shape index (κ1) is 19.0. The zero-order valence-electron chi connectivity index (χ0n) is 15.0. The highest BCUT2D eigenvalue weighted by molar-refractivity contribution is 7.94. The Labute approximate surface area is 161 Å². The van der Waals surface area contributed by atoms with Crippen molar-refractivity contribution in [1.82, 2.24) is 10.2 Å². The van der Waals surface area contributed by atoms with E-state index < -0.39 is 10.0 Å². The summed E-state index contributed by atoms with van der Waals surface area (Å²) in [7, 11) is -3.90. The maximum absolute atomic E-state index is 12.6. The Kier molecular flexibility index (Phi) is 5.24. The summed E-state index contributed by atoms with van der Waals surface area (Å²) in [6.07, 6.45) is 0. The second-order valence-corrected chi connectivity index (χ2v) is 8.85. The number of sulfonamides is 1. The van der Waals surface area contributed by atoms with E-state index in [-0.39, 0.29) is 15.4 Å². The van der Waals surface area contributed by atoms with Crippen LogP contribution in [0.25, 0.3) is 0 Å². The Morgan fingerprint density at radius 1 is 0.926 bits per heavy atom. The van der Waals surface area contributed by atoms with Crippen molar-refractivity contribution in [2.24, 2.45) is 0 Å². The van der Waals surface area contributed by atoms with E-state index in [1.807, 2.05) is 51.1 Å². The lowest BCUT2D eigenvalue weighted by atomic mass is 10.1. The second-order valence-electron chi connectivity index (χ2n) is 6.01. The van der Waals surface area contributed by atoms with Crippen LogP contribution in [0.2, 0.25) is 0 Å². The standard InChI is InChI=1S/C18H18N4O3S2/c1-11-7-4-5-10-14(11)16(23)19-17-20-21-18(26-17)27(24,25)22-15-12(2)8-6-9-13(15)3/h4-10,22H,1-3H3,(H,19,20,23). The zero-order chi connectivity index (χ0) is 19.6. The predicted molar refractivity (Wildman–Crippen MR) is 106 cm³/mol. The summed E-state index contributed by atoms with van der Waals surface area (Å²) in [6, 6.07) is 12.6. The van der Waals surface area contributed by atoms with Crippen molar-refractivity contribution in [3.8, 4) is 0 Å². The van der Waals surface area contributed by atoms with Crippen LogP contribution >= 0.6 is 11.3 Å². The Hall–Kier alpha value is -2.78. The third kappa shape index (κ3) is 4.15. The summed E-state index contributed by atoms with van der Waals surface area (Å²) in [5.74, 6) is -0.365. The number of nitrogens with one attached hydrogen (secondary N) is 2. The van der Waals surface area contributed by atoms with Crippen LogP contribution in [0.3, 0.4) is 0 Å². The van der Waals surface area contributed by atoms with Gasteiger partial charge in [0.05, 0.1) is 5.69 Å². The zero-order valence-corrected chi connectivity index (χ0v) is 16.6. The van der Waals surface area contributed by atoms with Crippen molar-refractivity contribution < 1.29 is 13.2 Å². The lowest BCUT2D eigenvalue weighted by molar-refractivity contribution is 0.102. The van der Waals surface area contributed by atoms with Gasteiger partial charge in [-0.05, 0) is 43.5 Å². The first-order valence-corrected chi connectivity index (χ1v) is 10.4. The first-order chi connectivity index (χ1) is 12.8. The molecule has 0 atom stereocenters. The van der Waals surface area contributed by atoms with E-state index in [1.165, 1.54) is 0 Å². The van der Waals surface area contributed by atoms with Gasteiger partial charge in [0.15, 0.2) is 0 Å². The number of aryl methyl sites for hydroxylation is 3. The van der Waals surface area contributed by atoms with Gasteiger partial charge >= 0.3 is 0 Å². The third-order valence-electron chi connectivity index (χ3n) is 3.96. The highest BCUT2D eigenvalue weighted by Crippen LogP contribution is 2.26. The van der Waals surface area contributed by atoms with Gasteiger partial charge in [0.1, 0.15) is 0 Å². The Morgan fingerprint density at radius 3 is 2.22 bits per heavy atom. The lowest BCUT2D eigenvalue weighted by Crippen LogP contribution is -2.14. The normalized spacial score (nSPS) is 11.2. The van der Waals surface area contributed by atoms with Crippen molar-refractivity contribution in [2.45, 2.75) is 25.1 Å². The number of benzene rings is 2. The van der Waals surface area contributed by atoms with E-state index in [0.717, 1.165) is 28.0 Å². The molecule has 1 heterocycles. The molecule has 0 fully saturated rings. The molecule has 0 radical (unpaired) electrons. The smallest absolute Gasteiger partial charge is 0.291 e. The number of hydrogen-bond acceptors (Lipinski definition) is 6. The van der Waals surface area contributed by atoms with Gasteiger partial charge in [-0.1, -0.05) is 47.7 Å². The molecule has 9 heteroatoms. The van der Waals surface area contributed by atoms with E-state index in [2.05, 4.69) is 20.2 Å². The summed E-state index contributed by atoms with van der Waals surface area (Å²) in [5.41, 5.74) is 3.42. The number of hydrogen-bond donors (Lipinski definition) is 2. The number of rotatable bonds is 5.